The van der Waals surface area contributed by atoms with Crippen LogP contribution < -0.4 is 10.5 Å². The van der Waals surface area contributed by atoms with Crippen LogP contribution in [0, 0.1) is 0 Å². The molecule has 1 aromatic heterocycles. The van der Waals surface area contributed by atoms with Crippen LogP contribution in [0.4, 0.5) is 13.2 Å². The number of nitrogens with zero attached hydrogens (tertiary/aromatic N) is 2. The molecule has 0 spiro atoms. The molecule has 1 heterocycles. The highest BCUT2D eigenvalue weighted by Crippen LogP contribution is 2.16. The van der Waals surface area contributed by atoms with Crippen molar-refractivity contribution < 1.29 is 17.9 Å². The van der Waals surface area contributed by atoms with E-state index >= 15 is 0 Å². The van der Waals surface area contributed by atoms with Gasteiger partial charge in [-0.1, -0.05) is 0 Å². The topological polar surface area (TPSA) is 61.0 Å². The van der Waals surface area contributed by atoms with Crippen molar-refractivity contribution in [3.05, 3.63) is 18.1 Å². The molecule has 15 heavy (non-hydrogen) atoms. The van der Waals surface area contributed by atoms with Crippen LogP contribution in [0.15, 0.2) is 12.3 Å². The van der Waals surface area contributed by atoms with Crippen molar-refractivity contribution in [1.82, 2.24) is 9.97 Å². The normalized spacial score (nSPS) is 11.5. The molecule has 0 unspecified atom stereocenters. The lowest BCUT2D eigenvalue weighted by Gasteiger charge is -2.08. The second kappa shape index (κ2) is 4.92. The molecule has 2 N–H and O–H groups in total. The zero-order valence-corrected chi connectivity index (χ0v) is 7.79. The van der Waals surface area contributed by atoms with Crippen molar-refractivity contribution in [2.24, 2.45) is 5.73 Å². The van der Waals surface area contributed by atoms with E-state index in [1.54, 1.807) is 0 Å². The van der Waals surface area contributed by atoms with Crippen molar-refractivity contribution in [3.63, 3.8) is 0 Å². The summed E-state index contributed by atoms with van der Waals surface area (Å²) < 4.78 is 39.8. The maximum atomic E-state index is 11.8. The fourth-order valence-corrected chi connectivity index (χ4v) is 0.866. The SMILES string of the molecule is NCCc1nccc(OCC(F)(F)F)n1. The number of ether oxygens (including phenoxy) is 1. The Morgan fingerprint density at radius 2 is 2.13 bits per heavy atom. The van der Waals surface area contributed by atoms with Crippen molar-refractivity contribution in [3.8, 4) is 5.88 Å². The van der Waals surface area contributed by atoms with Gasteiger partial charge in [0.25, 0.3) is 0 Å². The van der Waals surface area contributed by atoms with Crippen molar-refractivity contribution in [2.75, 3.05) is 13.2 Å². The minimum atomic E-state index is -4.36. The highest BCUT2D eigenvalue weighted by atomic mass is 19.4. The molecule has 0 saturated carbocycles. The smallest absolute Gasteiger partial charge is 0.422 e. The van der Waals surface area contributed by atoms with Crippen LogP contribution in [-0.4, -0.2) is 29.3 Å². The number of hydrogen-bond acceptors (Lipinski definition) is 4. The predicted octanol–water partition coefficient (Wildman–Crippen LogP) is 0.919. The minimum Gasteiger partial charge on any atom is -0.468 e. The summed E-state index contributed by atoms with van der Waals surface area (Å²) in [6.07, 6.45) is -2.62. The first-order chi connectivity index (χ1) is 7.01. The number of hydrogen-bond donors (Lipinski definition) is 1. The zero-order valence-electron chi connectivity index (χ0n) is 7.79. The fraction of sp³-hybridized carbons (Fsp3) is 0.500. The highest BCUT2D eigenvalue weighted by Gasteiger charge is 2.28. The summed E-state index contributed by atoms with van der Waals surface area (Å²) in [7, 11) is 0. The van der Waals surface area contributed by atoms with Crippen LogP contribution in [0.5, 0.6) is 5.88 Å². The van der Waals surface area contributed by atoms with E-state index in [2.05, 4.69) is 14.7 Å². The van der Waals surface area contributed by atoms with Gasteiger partial charge in [0.1, 0.15) is 5.82 Å². The summed E-state index contributed by atoms with van der Waals surface area (Å²) in [6.45, 7) is -1.02. The number of alkyl halides is 3. The first kappa shape index (κ1) is 11.7. The molecule has 0 aromatic carbocycles. The van der Waals surface area contributed by atoms with E-state index in [0.717, 1.165) is 0 Å². The molecule has 0 saturated heterocycles. The van der Waals surface area contributed by atoms with Gasteiger partial charge in [-0.2, -0.15) is 18.2 Å². The molecule has 4 nitrogen and oxygen atoms in total. The summed E-state index contributed by atoms with van der Waals surface area (Å²) in [4.78, 5) is 7.57. The third-order valence-corrected chi connectivity index (χ3v) is 1.43. The molecule has 7 heteroatoms. The molecular weight excluding hydrogens is 211 g/mol. The van der Waals surface area contributed by atoms with Gasteiger partial charge in [-0.3, -0.25) is 0 Å². The van der Waals surface area contributed by atoms with Crippen molar-refractivity contribution in [2.45, 2.75) is 12.6 Å². The van der Waals surface area contributed by atoms with E-state index in [1.165, 1.54) is 12.3 Å². The lowest BCUT2D eigenvalue weighted by Crippen LogP contribution is -2.20. The number of nitrogens with two attached hydrogens (primary N) is 1. The van der Waals surface area contributed by atoms with Gasteiger partial charge in [-0.15, -0.1) is 0 Å². The average Bonchev–Trinajstić information content (AvgIpc) is 2.15. The second-order valence-electron chi connectivity index (χ2n) is 2.75. The maximum Gasteiger partial charge on any atom is 0.422 e. The third kappa shape index (κ3) is 4.59. The molecule has 1 aromatic rings. The van der Waals surface area contributed by atoms with Crippen LogP contribution in [0.3, 0.4) is 0 Å². The standard InChI is InChI=1S/C8H10F3N3O/c9-8(10,11)5-15-7-2-4-13-6(14-7)1-3-12/h2,4H,1,3,5,12H2. The van der Waals surface area contributed by atoms with E-state index in [0.29, 0.717) is 18.8 Å². The van der Waals surface area contributed by atoms with Crippen LogP contribution in [0.25, 0.3) is 0 Å². The van der Waals surface area contributed by atoms with Gasteiger partial charge in [-0.05, 0) is 6.54 Å². The second-order valence-corrected chi connectivity index (χ2v) is 2.75. The molecule has 0 bridgehead atoms. The summed E-state index contributed by atoms with van der Waals surface area (Å²) in [5, 5.41) is 0. The Hall–Kier alpha value is -1.37. The third-order valence-electron chi connectivity index (χ3n) is 1.43. The van der Waals surface area contributed by atoms with Gasteiger partial charge in [0.05, 0.1) is 0 Å². The van der Waals surface area contributed by atoms with E-state index in [4.69, 9.17) is 5.73 Å². The Kier molecular flexibility index (Phi) is 3.84. The van der Waals surface area contributed by atoms with Gasteiger partial charge >= 0.3 is 6.18 Å². The Labute approximate surface area is 84.3 Å². The van der Waals surface area contributed by atoms with Gasteiger partial charge in [0, 0.05) is 18.7 Å². The quantitative estimate of drug-likeness (QED) is 0.821. The first-order valence-corrected chi connectivity index (χ1v) is 4.23. The van der Waals surface area contributed by atoms with E-state index in [1.807, 2.05) is 0 Å². The molecule has 0 amide bonds. The predicted molar refractivity (Wildman–Crippen MR) is 46.3 cm³/mol. The zero-order chi connectivity index (χ0) is 11.3. The summed E-state index contributed by atoms with van der Waals surface area (Å²) in [6, 6.07) is 1.27. The molecule has 1 rings (SSSR count). The van der Waals surface area contributed by atoms with Gasteiger partial charge in [0.15, 0.2) is 6.61 Å². The van der Waals surface area contributed by atoms with E-state index in [-0.39, 0.29) is 5.88 Å². The van der Waals surface area contributed by atoms with Crippen LogP contribution in [0.2, 0.25) is 0 Å². The van der Waals surface area contributed by atoms with Crippen LogP contribution in [-0.2, 0) is 6.42 Å². The largest absolute Gasteiger partial charge is 0.468 e. The van der Waals surface area contributed by atoms with Crippen LogP contribution >= 0.6 is 0 Å². The molecule has 84 valence electrons. The van der Waals surface area contributed by atoms with Crippen molar-refractivity contribution in [1.29, 1.82) is 0 Å². The van der Waals surface area contributed by atoms with Crippen LogP contribution in [0.1, 0.15) is 5.82 Å². The maximum absolute atomic E-state index is 11.8. The molecule has 0 aliphatic heterocycles. The Morgan fingerprint density at radius 1 is 1.40 bits per heavy atom. The molecule has 0 fully saturated rings. The van der Waals surface area contributed by atoms with E-state index in [9.17, 15) is 13.2 Å². The average molecular weight is 221 g/mol. The lowest BCUT2D eigenvalue weighted by atomic mass is 10.4. The number of halogens is 3. The highest BCUT2D eigenvalue weighted by molar-refractivity contribution is 5.08. The number of rotatable bonds is 4. The Morgan fingerprint density at radius 3 is 2.73 bits per heavy atom. The number of aromatic nitrogens is 2. The Balaban J connectivity index is 2.57. The molecule has 0 aliphatic carbocycles. The van der Waals surface area contributed by atoms with Crippen molar-refractivity contribution >= 4 is 0 Å². The first-order valence-electron chi connectivity index (χ1n) is 4.23. The lowest BCUT2D eigenvalue weighted by molar-refractivity contribution is -0.154. The minimum absolute atomic E-state index is 0.0919. The monoisotopic (exact) mass is 221 g/mol. The Bertz CT molecular complexity index is 316. The molecule has 0 atom stereocenters. The van der Waals surface area contributed by atoms with Gasteiger partial charge < -0.3 is 10.5 Å². The summed E-state index contributed by atoms with van der Waals surface area (Å²) in [5.41, 5.74) is 5.25. The summed E-state index contributed by atoms with van der Waals surface area (Å²) in [5.74, 6) is 0.281. The summed E-state index contributed by atoms with van der Waals surface area (Å²) >= 11 is 0. The fourth-order valence-electron chi connectivity index (χ4n) is 0.866. The van der Waals surface area contributed by atoms with Gasteiger partial charge in [-0.25, -0.2) is 4.98 Å². The van der Waals surface area contributed by atoms with E-state index < -0.39 is 12.8 Å². The van der Waals surface area contributed by atoms with Gasteiger partial charge in [0.2, 0.25) is 5.88 Å². The molecular formula is C8H10F3N3O. The molecule has 0 radical (unpaired) electrons. The molecule has 0 aliphatic rings.